The number of hydrogen-bond acceptors (Lipinski definition) is 4. The molecule has 27 heavy (non-hydrogen) atoms. The van der Waals surface area contributed by atoms with E-state index in [0.717, 1.165) is 16.5 Å². The zero-order chi connectivity index (χ0) is 19.2. The Balaban J connectivity index is 1.96. The van der Waals surface area contributed by atoms with Crippen molar-refractivity contribution < 1.29 is 9.84 Å². The number of benzene rings is 2. The molecule has 2 heterocycles. The minimum atomic E-state index is -1.41. The summed E-state index contributed by atoms with van der Waals surface area (Å²) in [6, 6.07) is 11.2. The minimum Gasteiger partial charge on any atom is -0.493 e. The Labute approximate surface area is 156 Å². The number of rotatable bonds is 4. The largest absolute Gasteiger partial charge is 0.493 e. The van der Waals surface area contributed by atoms with Crippen LogP contribution >= 0.6 is 0 Å². The van der Waals surface area contributed by atoms with Gasteiger partial charge in [0, 0.05) is 22.7 Å². The Kier molecular flexibility index (Phi) is 3.90. The van der Waals surface area contributed by atoms with Crippen molar-refractivity contribution >= 4 is 21.9 Å². The highest BCUT2D eigenvalue weighted by Crippen LogP contribution is 2.41. The maximum Gasteiger partial charge on any atom is 0.148 e. The molecule has 2 aromatic heterocycles. The van der Waals surface area contributed by atoms with Gasteiger partial charge in [-0.1, -0.05) is 0 Å². The summed E-state index contributed by atoms with van der Waals surface area (Å²) in [6.07, 6.45) is 1.85. The molecule has 0 bridgehead atoms. The van der Waals surface area contributed by atoms with Crippen LogP contribution in [0.5, 0.6) is 5.75 Å². The van der Waals surface area contributed by atoms with Gasteiger partial charge in [-0.3, -0.25) is 0 Å². The molecule has 0 spiro atoms. The van der Waals surface area contributed by atoms with Gasteiger partial charge in [-0.2, -0.15) is 5.26 Å². The number of nitrogens with one attached hydrogen (secondary N) is 2. The van der Waals surface area contributed by atoms with Crippen LogP contribution in [0.15, 0.2) is 36.5 Å². The zero-order valence-electron chi connectivity index (χ0n) is 15.4. The van der Waals surface area contributed by atoms with Crippen LogP contribution < -0.4 is 4.74 Å². The first-order valence-electron chi connectivity index (χ1n) is 8.82. The number of nitrogens with zero attached hydrogens (tertiary/aromatic N) is 2. The van der Waals surface area contributed by atoms with Gasteiger partial charge >= 0.3 is 0 Å². The van der Waals surface area contributed by atoms with Gasteiger partial charge in [0.1, 0.15) is 17.2 Å². The SMILES string of the molecule is CCOc1cc(C)c2[nH]ccc2c1C(C)(O)c1nc2ccc(C#N)cc2[nH]1. The third kappa shape index (κ3) is 2.64. The summed E-state index contributed by atoms with van der Waals surface area (Å²) < 4.78 is 5.86. The normalized spacial score (nSPS) is 13.6. The average molecular weight is 360 g/mol. The van der Waals surface area contributed by atoms with Gasteiger partial charge in [-0.25, -0.2) is 4.98 Å². The average Bonchev–Trinajstić information content (AvgIpc) is 3.28. The van der Waals surface area contributed by atoms with Crippen molar-refractivity contribution in [3.8, 4) is 11.8 Å². The molecule has 1 unspecified atom stereocenters. The van der Waals surface area contributed by atoms with E-state index in [1.165, 1.54) is 0 Å². The van der Waals surface area contributed by atoms with E-state index >= 15 is 0 Å². The third-order valence-electron chi connectivity index (χ3n) is 4.86. The van der Waals surface area contributed by atoms with E-state index < -0.39 is 5.60 Å². The number of aromatic amines is 2. The van der Waals surface area contributed by atoms with Crippen molar-refractivity contribution in [1.82, 2.24) is 15.0 Å². The fourth-order valence-corrected chi connectivity index (χ4v) is 3.58. The molecule has 1 atom stereocenters. The van der Waals surface area contributed by atoms with E-state index in [2.05, 4.69) is 21.0 Å². The van der Waals surface area contributed by atoms with E-state index in [9.17, 15) is 5.11 Å². The molecular formula is C21H20N4O2. The van der Waals surface area contributed by atoms with E-state index in [1.54, 1.807) is 25.1 Å². The summed E-state index contributed by atoms with van der Waals surface area (Å²) >= 11 is 0. The summed E-state index contributed by atoms with van der Waals surface area (Å²) in [5, 5.41) is 21.5. The molecule has 0 amide bonds. The number of hydrogen-bond donors (Lipinski definition) is 3. The number of aliphatic hydroxyl groups is 1. The molecule has 0 radical (unpaired) electrons. The van der Waals surface area contributed by atoms with Crippen molar-refractivity contribution in [2.75, 3.05) is 6.61 Å². The van der Waals surface area contributed by atoms with Crippen molar-refractivity contribution in [2.24, 2.45) is 0 Å². The van der Waals surface area contributed by atoms with Gasteiger partial charge in [0.25, 0.3) is 0 Å². The number of imidazole rings is 1. The zero-order valence-corrected chi connectivity index (χ0v) is 15.4. The molecule has 0 aliphatic carbocycles. The molecule has 3 N–H and O–H groups in total. The topological polar surface area (TPSA) is 97.7 Å². The summed E-state index contributed by atoms with van der Waals surface area (Å²) in [6.45, 7) is 6.11. The molecule has 6 heteroatoms. The molecule has 4 aromatic rings. The maximum absolute atomic E-state index is 11.5. The van der Waals surface area contributed by atoms with Crippen LogP contribution in [0.2, 0.25) is 0 Å². The minimum absolute atomic E-state index is 0.403. The van der Waals surface area contributed by atoms with Crippen LogP contribution in [0, 0.1) is 18.3 Å². The van der Waals surface area contributed by atoms with Gasteiger partial charge in [0.05, 0.1) is 29.3 Å². The molecule has 0 aliphatic heterocycles. The van der Waals surface area contributed by atoms with Crippen molar-refractivity contribution in [1.29, 1.82) is 5.26 Å². The van der Waals surface area contributed by atoms with Crippen LogP contribution in [0.25, 0.3) is 21.9 Å². The molecular weight excluding hydrogens is 340 g/mol. The van der Waals surface area contributed by atoms with E-state index in [1.807, 2.05) is 32.2 Å². The Morgan fingerprint density at radius 2 is 2.11 bits per heavy atom. The summed E-state index contributed by atoms with van der Waals surface area (Å²) in [7, 11) is 0. The smallest absolute Gasteiger partial charge is 0.148 e. The molecule has 2 aromatic carbocycles. The second-order valence-electron chi connectivity index (χ2n) is 6.77. The van der Waals surface area contributed by atoms with Crippen molar-refractivity contribution in [3.63, 3.8) is 0 Å². The van der Waals surface area contributed by atoms with Gasteiger partial charge in [0.15, 0.2) is 0 Å². The number of aromatic nitrogens is 3. The van der Waals surface area contributed by atoms with E-state index in [0.29, 0.717) is 40.3 Å². The number of ether oxygens (including phenoxy) is 1. The lowest BCUT2D eigenvalue weighted by molar-refractivity contribution is 0.0913. The van der Waals surface area contributed by atoms with Crippen LogP contribution in [-0.2, 0) is 5.60 Å². The molecule has 4 rings (SSSR count). The lowest BCUT2D eigenvalue weighted by atomic mass is 9.90. The second-order valence-corrected chi connectivity index (χ2v) is 6.77. The van der Waals surface area contributed by atoms with Gasteiger partial charge in [-0.05, 0) is 56.7 Å². The summed E-state index contributed by atoms with van der Waals surface area (Å²) in [4.78, 5) is 11.0. The number of nitriles is 1. The van der Waals surface area contributed by atoms with E-state index in [-0.39, 0.29) is 0 Å². The first kappa shape index (κ1) is 17.1. The fourth-order valence-electron chi connectivity index (χ4n) is 3.58. The molecule has 0 saturated heterocycles. The third-order valence-corrected chi connectivity index (χ3v) is 4.86. The van der Waals surface area contributed by atoms with Gasteiger partial charge < -0.3 is 19.8 Å². The van der Waals surface area contributed by atoms with Crippen molar-refractivity contribution in [3.05, 3.63) is 59.0 Å². The predicted molar refractivity (Wildman–Crippen MR) is 104 cm³/mol. The van der Waals surface area contributed by atoms with Crippen LogP contribution in [-0.4, -0.2) is 26.7 Å². The number of fused-ring (bicyclic) bond motifs is 2. The highest BCUT2D eigenvalue weighted by Gasteiger charge is 2.35. The number of H-pyrrole nitrogens is 2. The van der Waals surface area contributed by atoms with Crippen LogP contribution in [0.4, 0.5) is 0 Å². The van der Waals surface area contributed by atoms with E-state index in [4.69, 9.17) is 10.00 Å². The second kappa shape index (κ2) is 6.15. The van der Waals surface area contributed by atoms with Gasteiger partial charge in [0.2, 0.25) is 0 Å². The molecule has 0 aliphatic rings. The van der Waals surface area contributed by atoms with Gasteiger partial charge in [-0.15, -0.1) is 0 Å². The molecule has 0 saturated carbocycles. The Bertz CT molecular complexity index is 1190. The quantitative estimate of drug-likeness (QED) is 0.514. The first-order valence-corrected chi connectivity index (χ1v) is 8.82. The van der Waals surface area contributed by atoms with Crippen LogP contribution in [0.1, 0.15) is 36.4 Å². The predicted octanol–water partition coefficient (Wildman–Crippen LogP) is 3.88. The van der Waals surface area contributed by atoms with Crippen molar-refractivity contribution in [2.45, 2.75) is 26.4 Å². The lowest BCUT2D eigenvalue weighted by Crippen LogP contribution is -2.26. The standard InChI is InChI=1S/C21H20N4O2/c1-4-27-17-9-12(2)19-14(7-8-23-19)18(17)21(3,26)20-24-15-6-5-13(11-22)10-16(15)25-20/h5-10,23,26H,4H2,1-3H3,(H,24,25). The van der Waals surface area contributed by atoms with Crippen LogP contribution in [0.3, 0.4) is 0 Å². The Morgan fingerprint density at radius 1 is 1.30 bits per heavy atom. The fraction of sp³-hybridized carbons (Fsp3) is 0.238. The molecule has 6 nitrogen and oxygen atoms in total. The summed E-state index contributed by atoms with van der Waals surface area (Å²) in [5.41, 5.74) is 3.18. The summed E-state index contributed by atoms with van der Waals surface area (Å²) in [5.74, 6) is 1.03. The lowest BCUT2D eigenvalue weighted by Gasteiger charge is -2.25. The first-order chi connectivity index (χ1) is 13.0. The molecule has 136 valence electrons. The molecule has 0 fully saturated rings. The maximum atomic E-state index is 11.5. The monoisotopic (exact) mass is 360 g/mol. The number of aryl methyl sites for hydroxylation is 1. The highest BCUT2D eigenvalue weighted by atomic mass is 16.5. The Morgan fingerprint density at radius 3 is 2.85 bits per heavy atom. The highest BCUT2D eigenvalue weighted by molar-refractivity contribution is 5.89. The Hall–Kier alpha value is -3.30.